The molecule has 0 fully saturated rings. The Bertz CT molecular complexity index is 912. The molecule has 3 rings (SSSR count). The largest absolute Gasteiger partial charge is 0.347 e. The molecule has 1 heterocycles. The van der Waals surface area contributed by atoms with E-state index >= 15 is 0 Å². The first kappa shape index (κ1) is 17.5. The number of nitrogens with one attached hydrogen (secondary N) is 2. The second-order valence-electron chi connectivity index (χ2n) is 5.66. The van der Waals surface area contributed by atoms with Crippen LogP contribution in [-0.4, -0.2) is 15.9 Å². The molecule has 0 radical (unpaired) electrons. The van der Waals surface area contributed by atoms with Crippen LogP contribution in [0.5, 0.6) is 0 Å². The van der Waals surface area contributed by atoms with E-state index in [4.69, 9.17) is 0 Å². The van der Waals surface area contributed by atoms with Crippen LogP contribution in [0.2, 0.25) is 0 Å². The van der Waals surface area contributed by atoms with Crippen molar-refractivity contribution in [2.45, 2.75) is 13.5 Å². The fraction of sp³-hybridized carbons (Fsp3) is 0.105. The van der Waals surface area contributed by atoms with E-state index in [2.05, 4.69) is 20.6 Å². The molecular formula is C19H16F2N4O. The Morgan fingerprint density at radius 3 is 2.23 bits per heavy atom. The highest BCUT2D eigenvalue weighted by molar-refractivity contribution is 5.92. The molecule has 0 atom stereocenters. The first-order valence-electron chi connectivity index (χ1n) is 7.90. The van der Waals surface area contributed by atoms with Crippen molar-refractivity contribution < 1.29 is 13.6 Å². The summed E-state index contributed by atoms with van der Waals surface area (Å²) in [5.74, 6) is -0.810. The van der Waals surface area contributed by atoms with Gasteiger partial charge in [-0.3, -0.25) is 4.79 Å². The summed E-state index contributed by atoms with van der Waals surface area (Å²) in [6, 6.07) is 13.2. The molecule has 0 aliphatic carbocycles. The zero-order chi connectivity index (χ0) is 18.5. The summed E-state index contributed by atoms with van der Waals surface area (Å²) in [6.45, 7) is 2.00. The van der Waals surface area contributed by atoms with Crippen molar-refractivity contribution in [1.82, 2.24) is 15.3 Å². The summed E-state index contributed by atoms with van der Waals surface area (Å²) in [5.41, 5.74) is 2.19. The van der Waals surface area contributed by atoms with Gasteiger partial charge in [0.2, 0.25) is 5.95 Å². The maximum Gasteiger partial charge on any atom is 0.270 e. The fourth-order valence-corrected chi connectivity index (χ4v) is 2.28. The molecular weight excluding hydrogens is 338 g/mol. The molecule has 7 heteroatoms. The molecule has 132 valence electrons. The van der Waals surface area contributed by atoms with Crippen molar-refractivity contribution in [3.05, 3.63) is 83.2 Å². The minimum atomic E-state index is -0.373. The van der Waals surface area contributed by atoms with E-state index in [0.29, 0.717) is 11.4 Å². The normalized spacial score (nSPS) is 10.4. The summed E-state index contributed by atoms with van der Waals surface area (Å²) in [5, 5.41) is 5.67. The molecule has 0 unspecified atom stereocenters. The molecule has 26 heavy (non-hydrogen) atoms. The van der Waals surface area contributed by atoms with E-state index in [-0.39, 0.29) is 35.7 Å². The van der Waals surface area contributed by atoms with Crippen LogP contribution in [0.1, 0.15) is 21.7 Å². The molecule has 5 nitrogen and oxygen atoms in total. The Morgan fingerprint density at radius 2 is 1.58 bits per heavy atom. The second kappa shape index (κ2) is 7.69. The zero-order valence-corrected chi connectivity index (χ0v) is 14.0. The number of halogens is 2. The zero-order valence-electron chi connectivity index (χ0n) is 14.0. The highest BCUT2D eigenvalue weighted by atomic mass is 19.1. The van der Waals surface area contributed by atoms with Crippen LogP contribution in [0.3, 0.4) is 0 Å². The van der Waals surface area contributed by atoms with Gasteiger partial charge in [-0.1, -0.05) is 12.1 Å². The Hall–Kier alpha value is -3.35. The van der Waals surface area contributed by atoms with Crippen molar-refractivity contribution >= 4 is 17.5 Å². The number of aromatic nitrogens is 2. The Kier molecular flexibility index (Phi) is 5.17. The van der Waals surface area contributed by atoms with E-state index in [1.54, 1.807) is 37.3 Å². The summed E-state index contributed by atoms with van der Waals surface area (Å²) in [6.07, 6.45) is 0. The smallest absolute Gasteiger partial charge is 0.270 e. The Labute approximate surface area is 149 Å². The van der Waals surface area contributed by atoms with Crippen LogP contribution in [0, 0.1) is 18.6 Å². The van der Waals surface area contributed by atoms with Crippen molar-refractivity contribution in [1.29, 1.82) is 0 Å². The molecule has 0 aliphatic rings. The number of hydrogen-bond donors (Lipinski definition) is 2. The van der Waals surface area contributed by atoms with Gasteiger partial charge in [0.25, 0.3) is 5.91 Å². The fourth-order valence-electron chi connectivity index (χ4n) is 2.28. The lowest BCUT2D eigenvalue weighted by molar-refractivity contribution is 0.0945. The molecule has 1 aromatic heterocycles. The SMILES string of the molecule is Cc1cc(C(=O)NCc2ccc(F)cc2)nc(Nc2ccc(F)cc2)n1. The molecule has 0 saturated heterocycles. The quantitative estimate of drug-likeness (QED) is 0.733. The van der Waals surface area contributed by atoms with E-state index in [1.165, 1.54) is 24.3 Å². The third-order valence-electron chi connectivity index (χ3n) is 3.55. The standard InChI is InChI=1S/C19H16F2N4O/c1-12-10-17(18(26)22-11-13-2-4-14(20)5-3-13)25-19(23-12)24-16-8-6-15(21)7-9-16/h2-10H,11H2,1H3,(H,22,26)(H,23,24,25). The monoisotopic (exact) mass is 354 g/mol. The van der Waals surface area contributed by atoms with Crippen molar-refractivity contribution in [3.63, 3.8) is 0 Å². The molecule has 0 aliphatic heterocycles. The number of amides is 1. The van der Waals surface area contributed by atoms with Crippen LogP contribution in [0.4, 0.5) is 20.4 Å². The minimum Gasteiger partial charge on any atom is -0.347 e. The maximum absolute atomic E-state index is 13.0. The molecule has 1 amide bonds. The number of carbonyl (C=O) groups is 1. The lowest BCUT2D eigenvalue weighted by Gasteiger charge is -2.09. The third kappa shape index (κ3) is 4.60. The van der Waals surface area contributed by atoms with Gasteiger partial charge in [0.15, 0.2) is 0 Å². The topological polar surface area (TPSA) is 66.9 Å². The van der Waals surface area contributed by atoms with Crippen molar-refractivity contribution in [2.75, 3.05) is 5.32 Å². The van der Waals surface area contributed by atoms with Crippen LogP contribution in [0.15, 0.2) is 54.6 Å². The Balaban J connectivity index is 1.70. The number of carbonyl (C=O) groups excluding carboxylic acids is 1. The lowest BCUT2D eigenvalue weighted by Crippen LogP contribution is -2.24. The third-order valence-corrected chi connectivity index (χ3v) is 3.55. The first-order valence-corrected chi connectivity index (χ1v) is 7.90. The summed E-state index contributed by atoms with van der Waals surface area (Å²) in [4.78, 5) is 20.7. The number of nitrogens with zero attached hydrogens (tertiary/aromatic N) is 2. The van der Waals surface area contributed by atoms with Crippen LogP contribution in [0.25, 0.3) is 0 Å². The predicted octanol–water partition coefficient (Wildman–Crippen LogP) is 3.74. The molecule has 0 spiro atoms. The minimum absolute atomic E-state index is 0.198. The van der Waals surface area contributed by atoms with Gasteiger partial charge in [-0.2, -0.15) is 0 Å². The first-order chi connectivity index (χ1) is 12.5. The van der Waals surface area contributed by atoms with Crippen molar-refractivity contribution in [2.24, 2.45) is 0 Å². The molecule has 0 saturated carbocycles. The van der Waals surface area contributed by atoms with Gasteiger partial charge in [-0.25, -0.2) is 18.7 Å². The molecule has 2 N–H and O–H groups in total. The molecule has 0 bridgehead atoms. The van der Waals surface area contributed by atoms with Crippen LogP contribution < -0.4 is 10.6 Å². The highest BCUT2D eigenvalue weighted by Gasteiger charge is 2.11. The van der Waals surface area contributed by atoms with Gasteiger partial charge in [-0.05, 0) is 55.0 Å². The summed E-state index contributed by atoms with van der Waals surface area (Å²) in [7, 11) is 0. The summed E-state index contributed by atoms with van der Waals surface area (Å²) < 4.78 is 25.9. The van der Waals surface area contributed by atoms with Gasteiger partial charge in [0.05, 0.1) is 0 Å². The van der Waals surface area contributed by atoms with Gasteiger partial charge in [-0.15, -0.1) is 0 Å². The van der Waals surface area contributed by atoms with Crippen LogP contribution in [-0.2, 0) is 6.54 Å². The van der Waals surface area contributed by atoms with E-state index in [9.17, 15) is 13.6 Å². The maximum atomic E-state index is 13.0. The lowest BCUT2D eigenvalue weighted by atomic mass is 10.2. The average molecular weight is 354 g/mol. The number of benzene rings is 2. The van der Waals surface area contributed by atoms with Gasteiger partial charge in [0, 0.05) is 17.9 Å². The van der Waals surface area contributed by atoms with E-state index in [1.807, 2.05) is 0 Å². The summed E-state index contributed by atoms with van der Waals surface area (Å²) >= 11 is 0. The number of anilines is 2. The van der Waals surface area contributed by atoms with Gasteiger partial charge in [0.1, 0.15) is 17.3 Å². The average Bonchev–Trinajstić information content (AvgIpc) is 2.62. The van der Waals surface area contributed by atoms with E-state index in [0.717, 1.165) is 5.56 Å². The van der Waals surface area contributed by atoms with E-state index < -0.39 is 0 Å². The second-order valence-corrected chi connectivity index (χ2v) is 5.66. The van der Waals surface area contributed by atoms with Gasteiger partial charge >= 0.3 is 0 Å². The van der Waals surface area contributed by atoms with Crippen molar-refractivity contribution in [3.8, 4) is 0 Å². The Morgan fingerprint density at radius 1 is 0.962 bits per heavy atom. The van der Waals surface area contributed by atoms with Gasteiger partial charge < -0.3 is 10.6 Å². The highest BCUT2D eigenvalue weighted by Crippen LogP contribution is 2.14. The number of rotatable bonds is 5. The van der Waals surface area contributed by atoms with Crippen LogP contribution >= 0.6 is 0 Å². The number of hydrogen-bond acceptors (Lipinski definition) is 4. The molecule has 3 aromatic rings. The molecule has 2 aromatic carbocycles. The predicted molar refractivity (Wildman–Crippen MR) is 94.0 cm³/mol. The number of aryl methyl sites for hydroxylation is 1.